The summed E-state index contributed by atoms with van der Waals surface area (Å²) in [6.07, 6.45) is 0. The Morgan fingerprint density at radius 1 is 0.606 bits per heavy atom. The summed E-state index contributed by atoms with van der Waals surface area (Å²) in [5.41, 5.74) is 4.27. The van der Waals surface area contributed by atoms with Crippen molar-refractivity contribution in [3.05, 3.63) is 121 Å². The number of aryl methyl sites for hydroxylation is 1. The molecule has 0 unspecified atom stereocenters. The van der Waals surface area contributed by atoms with E-state index in [1.54, 1.807) is 0 Å². The zero-order chi connectivity index (χ0) is 22.0. The summed E-state index contributed by atoms with van der Waals surface area (Å²) in [7, 11) is -2.43. The fourth-order valence-corrected chi connectivity index (χ4v) is 12.4. The average Bonchev–Trinajstić information content (AvgIpc) is 3.40. The topological polar surface area (TPSA) is 0 Å². The monoisotopic (exact) mass is 454 g/mol. The van der Waals surface area contributed by atoms with Crippen LogP contribution in [0.5, 0.6) is 0 Å². The first-order chi connectivity index (χ1) is 16.3. The molecular weight excluding hydrogens is 432 g/mol. The van der Waals surface area contributed by atoms with E-state index in [9.17, 15) is 0 Å². The summed E-state index contributed by atoms with van der Waals surface area (Å²) < 4.78 is 2.80. The Morgan fingerprint density at radius 3 is 1.94 bits per heavy atom. The lowest BCUT2D eigenvalue weighted by Gasteiger charge is -2.31. The Morgan fingerprint density at radius 2 is 1.21 bits per heavy atom. The zero-order valence-corrected chi connectivity index (χ0v) is 20.2. The van der Waals surface area contributed by atoms with Crippen LogP contribution in [0.15, 0.2) is 115 Å². The predicted octanol–water partition coefficient (Wildman–Crippen LogP) is 5.72. The molecule has 156 valence electrons. The highest BCUT2D eigenvalue weighted by atomic mass is 32.1. The number of hydrogen-bond donors (Lipinski definition) is 0. The van der Waals surface area contributed by atoms with Crippen molar-refractivity contribution in [3.63, 3.8) is 0 Å². The molecule has 1 aliphatic heterocycles. The van der Waals surface area contributed by atoms with E-state index in [2.05, 4.69) is 122 Å². The molecule has 1 aromatic heterocycles. The Hall–Kier alpha value is -3.46. The van der Waals surface area contributed by atoms with Gasteiger partial charge in [-0.3, -0.25) is 0 Å². The van der Waals surface area contributed by atoms with Crippen molar-refractivity contribution < 1.29 is 0 Å². The first kappa shape index (κ1) is 19.0. The van der Waals surface area contributed by atoms with Crippen LogP contribution in [0.25, 0.3) is 31.3 Å². The fourth-order valence-electron chi connectivity index (χ4n) is 5.97. The van der Waals surface area contributed by atoms with Gasteiger partial charge in [0.25, 0.3) is 0 Å². The van der Waals surface area contributed by atoms with Crippen LogP contribution in [0.4, 0.5) is 0 Å². The lowest BCUT2D eigenvalue weighted by Crippen LogP contribution is -2.72. The first-order valence-corrected chi connectivity index (χ1v) is 14.3. The first-order valence-electron chi connectivity index (χ1n) is 11.5. The van der Waals surface area contributed by atoms with Gasteiger partial charge in [-0.15, -0.1) is 11.3 Å². The van der Waals surface area contributed by atoms with Crippen LogP contribution in [0.2, 0.25) is 0 Å². The maximum Gasteiger partial charge on any atom is 0.180 e. The van der Waals surface area contributed by atoms with E-state index in [0.717, 1.165) is 0 Å². The number of thiophene rings is 1. The number of fused-ring (bicyclic) bond motifs is 7. The van der Waals surface area contributed by atoms with Crippen LogP contribution in [0, 0.1) is 6.92 Å². The molecule has 0 spiro atoms. The maximum absolute atomic E-state index is 2.53. The highest BCUT2D eigenvalue weighted by Crippen LogP contribution is 2.43. The molecule has 1 aliphatic rings. The normalized spacial score (nSPS) is 13.8. The molecule has 0 bridgehead atoms. The molecule has 0 saturated carbocycles. The molecule has 5 aromatic carbocycles. The Kier molecular flexibility index (Phi) is 4.05. The summed E-state index contributed by atoms with van der Waals surface area (Å²) >= 11 is 1.94. The van der Waals surface area contributed by atoms with E-state index in [4.69, 9.17) is 0 Å². The Balaban J connectivity index is 1.76. The van der Waals surface area contributed by atoms with Crippen molar-refractivity contribution in [1.82, 2.24) is 0 Å². The fraction of sp³-hybridized carbons (Fsp3) is 0.0323. The quantitative estimate of drug-likeness (QED) is 0.293. The van der Waals surface area contributed by atoms with E-state index in [1.165, 1.54) is 57.6 Å². The summed E-state index contributed by atoms with van der Waals surface area (Å²) in [6.45, 7) is 2.30. The average molecular weight is 455 g/mol. The van der Waals surface area contributed by atoms with Gasteiger partial charge < -0.3 is 0 Å². The van der Waals surface area contributed by atoms with E-state index in [1.807, 2.05) is 11.3 Å². The van der Waals surface area contributed by atoms with Gasteiger partial charge in [-0.25, -0.2) is 0 Å². The van der Waals surface area contributed by atoms with Crippen LogP contribution in [0.3, 0.4) is 0 Å². The van der Waals surface area contributed by atoms with Crippen molar-refractivity contribution in [2.45, 2.75) is 6.92 Å². The van der Waals surface area contributed by atoms with Crippen LogP contribution in [-0.4, -0.2) is 8.07 Å². The third-order valence-corrected chi connectivity index (χ3v) is 13.4. The molecule has 0 aliphatic carbocycles. The second kappa shape index (κ2) is 7.02. The molecule has 0 radical (unpaired) electrons. The molecule has 6 aromatic rings. The van der Waals surface area contributed by atoms with E-state index in [-0.39, 0.29) is 0 Å². The van der Waals surface area contributed by atoms with Gasteiger partial charge in [-0.05, 0) is 50.4 Å². The second-order valence-corrected chi connectivity index (χ2v) is 13.7. The van der Waals surface area contributed by atoms with Crippen molar-refractivity contribution in [1.29, 1.82) is 0 Å². The molecule has 0 saturated heterocycles. The van der Waals surface area contributed by atoms with Gasteiger partial charge in [-0.1, -0.05) is 109 Å². The second-order valence-electron chi connectivity index (χ2n) is 8.95. The van der Waals surface area contributed by atoms with Gasteiger partial charge in [0.1, 0.15) is 0 Å². The summed E-state index contributed by atoms with van der Waals surface area (Å²) in [5.74, 6) is 0. The molecule has 0 N–H and O–H groups in total. The van der Waals surface area contributed by atoms with Crippen molar-refractivity contribution >= 4 is 60.3 Å². The number of benzene rings is 5. The summed E-state index contributed by atoms with van der Waals surface area (Å²) in [5, 5.41) is 8.80. The van der Waals surface area contributed by atoms with Crippen LogP contribution in [0.1, 0.15) is 5.56 Å². The highest BCUT2D eigenvalue weighted by molar-refractivity contribution is 7.27. The summed E-state index contributed by atoms with van der Waals surface area (Å²) in [4.78, 5) is 0. The van der Waals surface area contributed by atoms with E-state index >= 15 is 0 Å². The van der Waals surface area contributed by atoms with E-state index in [0.29, 0.717) is 0 Å². The van der Waals surface area contributed by atoms with E-state index < -0.39 is 8.07 Å². The van der Waals surface area contributed by atoms with Gasteiger partial charge in [0, 0.05) is 20.2 Å². The lowest BCUT2D eigenvalue weighted by molar-refractivity contribution is 1.58. The minimum absolute atomic E-state index is 1.38. The van der Waals surface area contributed by atoms with Crippen molar-refractivity contribution in [2.24, 2.45) is 0 Å². The Labute approximate surface area is 198 Å². The predicted molar refractivity (Wildman–Crippen MR) is 147 cm³/mol. The highest BCUT2D eigenvalue weighted by Gasteiger charge is 2.49. The maximum atomic E-state index is 2.53. The standard InChI is InChI=1S/C31H22SSi/c1-21-20-28-29(30-24-16-8-10-18-26(24)32-31(21)30)25-17-9-11-19-27(25)33(28,22-12-4-2-5-13-22)23-14-6-3-7-15-23/h2-20H,1H3. The molecule has 2 heterocycles. The lowest BCUT2D eigenvalue weighted by atomic mass is 9.98. The van der Waals surface area contributed by atoms with Crippen molar-refractivity contribution in [2.75, 3.05) is 0 Å². The summed E-state index contributed by atoms with van der Waals surface area (Å²) in [6, 6.07) is 43.2. The molecule has 33 heavy (non-hydrogen) atoms. The van der Waals surface area contributed by atoms with Crippen LogP contribution >= 0.6 is 11.3 Å². The molecule has 7 rings (SSSR count). The van der Waals surface area contributed by atoms with Crippen molar-refractivity contribution in [3.8, 4) is 11.1 Å². The molecule has 0 nitrogen and oxygen atoms in total. The molecule has 0 fully saturated rings. The minimum Gasteiger partial charge on any atom is -0.135 e. The van der Waals surface area contributed by atoms with Gasteiger partial charge in [0.05, 0.1) is 0 Å². The van der Waals surface area contributed by atoms with Gasteiger partial charge in [0.2, 0.25) is 0 Å². The number of rotatable bonds is 2. The van der Waals surface area contributed by atoms with Crippen LogP contribution in [-0.2, 0) is 0 Å². The third-order valence-electron chi connectivity index (χ3n) is 7.25. The Bertz CT molecular complexity index is 1620. The van der Waals surface area contributed by atoms with Gasteiger partial charge in [-0.2, -0.15) is 0 Å². The largest absolute Gasteiger partial charge is 0.180 e. The smallest absolute Gasteiger partial charge is 0.135 e. The molecule has 0 amide bonds. The van der Waals surface area contributed by atoms with Crippen LogP contribution < -0.4 is 20.7 Å². The molecular formula is C31H22SSi. The minimum atomic E-state index is -2.43. The zero-order valence-electron chi connectivity index (χ0n) is 18.4. The van der Waals surface area contributed by atoms with Gasteiger partial charge >= 0.3 is 0 Å². The molecule has 0 atom stereocenters. The molecule has 2 heteroatoms. The SMILES string of the molecule is Cc1cc2c(c3c1sc1ccccc13)-c1ccccc1[Si]2(c1ccccc1)c1ccccc1. The third kappa shape index (κ3) is 2.45. The number of hydrogen-bond acceptors (Lipinski definition) is 1. The van der Waals surface area contributed by atoms with Gasteiger partial charge in [0.15, 0.2) is 8.07 Å².